The van der Waals surface area contributed by atoms with E-state index in [1.807, 2.05) is 30.3 Å². The number of carbonyl (C=O) groups is 1. The third kappa shape index (κ3) is 4.54. The summed E-state index contributed by atoms with van der Waals surface area (Å²) in [6.07, 6.45) is 0.953. The van der Waals surface area contributed by atoms with Crippen molar-refractivity contribution in [3.8, 4) is 0 Å². The Hall–Kier alpha value is -1.92. The lowest BCUT2D eigenvalue weighted by molar-refractivity contribution is 0.0943. The number of hydrogen-bond acceptors (Lipinski definition) is 2. The SMILES string of the molecule is CCc1cccc(NC(=S)NNC(=O)c2ccccc2Br)c1. The van der Waals surface area contributed by atoms with Gasteiger partial charge < -0.3 is 5.32 Å². The van der Waals surface area contributed by atoms with E-state index in [1.165, 1.54) is 5.56 Å². The van der Waals surface area contributed by atoms with Gasteiger partial charge in [-0.25, -0.2) is 0 Å². The highest BCUT2D eigenvalue weighted by Crippen LogP contribution is 2.15. The maximum Gasteiger partial charge on any atom is 0.270 e. The Labute approximate surface area is 143 Å². The molecular weight excluding hydrogens is 362 g/mol. The number of nitrogens with one attached hydrogen (secondary N) is 3. The molecule has 3 N–H and O–H groups in total. The van der Waals surface area contributed by atoms with E-state index in [1.54, 1.807) is 12.1 Å². The van der Waals surface area contributed by atoms with Crippen LogP contribution in [0.25, 0.3) is 0 Å². The average Bonchev–Trinajstić information content (AvgIpc) is 2.53. The monoisotopic (exact) mass is 377 g/mol. The van der Waals surface area contributed by atoms with E-state index < -0.39 is 0 Å². The van der Waals surface area contributed by atoms with E-state index in [0.717, 1.165) is 16.6 Å². The number of carbonyl (C=O) groups excluding carboxylic acids is 1. The number of hydrazine groups is 1. The van der Waals surface area contributed by atoms with Gasteiger partial charge in [-0.2, -0.15) is 0 Å². The van der Waals surface area contributed by atoms with Gasteiger partial charge in [0.15, 0.2) is 5.11 Å². The lowest BCUT2D eigenvalue weighted by Crippen LogP contribution is -2.43. The second-order valence-corrected chi connectivity index (χ2v) is 5.83. The predicted octanol–water partition coefficient (Wildman–Crippen LogP) is 3.64. The fraction of sp³-hybridized carbons (Fsp3) is 0.125. The van der Waals surface area contributed by atoms with Gasteiger partial charge in [0.05, 0.1) is 5.56 Å². The zero-order chi connectivity index (χ0) is 15.9. The second kappa shape index (κ2) is 7.91. The molecule has 0 fully saturated rings. The van der Waals surface area contributed by atoms with Gasteiger partial charge in [-0.1, -0.05) is 31.2 Å². The van der Waals surface area contributed by atoms with Gasteiger partial charge >= 0.3 is 0 Å². The second-order valence-electron chi connectivity index (χ2n) is 4.57. The zero-order valence-corrected chi connectivity index (χ0v) is 14.4. The third-order valence-corrected chi connectivity index (χ3v) is 3.90. The Morgan fingerprint density at radius 2 is 1.91 bits per heavy atom. The molecule has 0 bridgehead atoms. The van der Waals surface area contributed by atoms with Gasteiger partial charge in [0.25, 0.3) is 5.91 Å². The summed E-state index contributed by atoms with van der Waals surface area (Å²) in [5.74, 6) is -0.265. The van der Waals surface area contributed by atoms with E-state index in [2.05, 4.69) is 45.1 Å². The van der Waals surface area contributed by atoms with Crippen LogP contribution in [0.3, 0.4) is 0 Å². The maximum absolute atomic E-state index is 12.0. The number of aryl methyl sites for hydroxylation is 1. The molecule has 6 heteroatoms. The lowest BCUT2D eigenvalue weighted by Gasteiger charge is -2.12. The van der Waals surface area contributed by atoms with Crippen LogP contribution in [-0.4, -0.2) is 11.0 Å². The first kappa shape index (κ1) is 16.5. The van der Waals surface area contributed by atoms with Crippen molar-refractivity contribution in [1.82, 2.24) is 10.9 Å². The molecule has 0 saturated heterocycles. The minimum atomic E-state index is -0.265. The molecular formula is C16H16BrN3OS. The molecule has 0 aliphatic rings. The Morgan fingerprint density at radius 1 is 1.14 bits per heavy atom. The Morgan fingerprint density at radius 3 is 2.64 bits per heavy atom. The summed E-state index contributed by atoms with van der Waals surface area (Å²) < 4.78 is 0.726. The number of thiocarbonyl (C=S) groups is 1. The first-order valence-corrected chi connectivity index (χ1v) is 8.01. The van der Waals surface area contributed by atoms with Crippen molar-refractivity contribution in [3.63, 3.8) is 0 Å². The number of hydrogen-bond donors (Lipinski definition) is 3. The highest BCUT2D eigenvalue weighted by molar-refractivity contribution is 9.10. The van der Waals surface area contributed by atoms with Crippen molar-refractivity contribution in [2.24, 2.45) is 0 Å². The molecule has 0 unspecified atom stereocenters. The highest BCUT2D eigenvalue weighted by atomic mass is 79.9. The maximum atomic E-state index is 12.0. The summed E-state index contributed by atoms with van der Waals surface area (Å²) in [4.78, 5) is 12.0. The van der Waals surface area contributed by atoms with Crippen molar-refractivity contribution < 1.29 is 4.79 Å². The van der Waals surface area contributed by atoms with Gasteiger partial charge in [0, 0.05) is 10.2 Å². The number of amides is 1. The van der Waals surface area contributed by atoms with Crippen LogP contribution >= 0.6 is 28.1 Å². The summed E-state index contributed by atoms with van der Waals surface area (Å²) in [7, 11) is 0. The topological polar surface area (TPSA) is 53.2 Å². The van der Waals surface area contributed by atoms with E-state index >= 15 is 0 Å². The summed E-state index contributed by atoms with van der Waals surface area (Å²) in [6.45, 7) is 2.09. The van der Waals surface area contributed by atoms with Crippen molar-refractivity contribution in [2.45, 2.75) is 13.3 Å². The van der Waals surface area contributed by atoms with Crippen LogP contribution in [0.1, 0.15) is 22.8 Å². The van der Waals surface area contributed by atoms with Crippen molar-refractivity contribution >= 4 is 44.9 Å². The molecule has 0 heterocycles. The average molecular weight is 378 g/mol. The van der Waals surface area contributed by atoms with Crippen LogP contribution in [0.15, 0.2) is 53.0 Å². The van der Waals surface area contributed by atoms with E-state index in [9.17, 15) is 4.79 Å². The molecule has 2 rings (SSSR count). The summed E-state index contributed by atoms with van der Waals surface area (Å²) in [5, 5.41) is 3.36. The minimum absolute atomic E-state index is 0.265. The Kier molecular flexibility index (Phi) is 5.91. The van der Waals surface area contributed by atoms with Gasteiger partial charge in [0.1, 0.15) is 0 Å². The summed E-state index contributed by atoms with van der Waals surface area (Å²) in [6, 6.07) is 15.1. The van der Waals surface area contributed by atoms with Crippen LogP contribution < -0.4 is 16.2 Å². The summed E-state index contributed by atoms with van der Waals surface area (Å²) in [5.41, 5.74) is 7.89. The molecule has 22 heavy (non-hydrogen) atoms. The molecule has 0 aromatic heterocycles. The van der Waals surface area contributed by atoms with Crippen molar-refractivity contribution in [2.75, 3.05) is 5.32 Å². The van der Waals surface area contributed by atoms with Gasteiger partial charge in [-0.05, 0) is 64.4 Å². The van der Waals surface area contributed by atoms with Crippen molar-refractivity contribution in [3.05, 3.63) is 64.1 Å². The number of halogens is 1. The first-order valence-electron chi connectivity index (χ1n) is 6.81. The fourth-order valence-electron chi connectivity index (χ4n) is 1.86. The van der Waals surface area contributed by atoms with Gasteiger partial charge in [-0.15, -0.1) is 0 Å². The van der Waals surface area contributed by atoms with Crippen LogP contribution in [0.4, 0.5) is 5.69 Å². The van der Waals surface area contributed by atoms with Crippen molar-refractivity contribution in [1.29, 1.82) is 0 Å². The minimum Gasteiger partial charge on any atom is -0.331 e. The number of anilines is 1. The lowest BCUT2D eigenvalue weighted by atomic mass is 10.1. The molecule has 114 valence electrons. The van der Waals surface area contributed by atoms with E-state index in [0.29, 0.717) is 10.7 Å². The van der Waals surface area contributed by atoms with E-state index in [4.69, 9.17) is 12.2 Å². The van der Waals surface area contributed by atoms with E-state index in [-0.39, 0.29) is 5.91 Å². The van der Waals surface area contributed by atoms with Gasteiger partial charge in [0.2, 0.25) is 0 Å². The molecule has 0 saturated carbocycles. The van der Waals surface area contributed by atoms with Crippen LogP contribution in [0.2, 0.25) is 0 Å². The summed E-state index contributed by atoms with van der Waals surface area (Å²) >= 11 is 8.50. The molecule has 4 nitrogen and oxygen atoms in total. The molecule has 0 atom stereocenters. The Bertz CT molecular complexity index is 691. The standard InChI is InChI=1S/C16H16BrN3OS/c1-2-11-6-5-7-12(10-11)18-16(22)20-19-15(21)13-8-3-4-9-14(13)17/h3-10H,2H2,1H3,(H,19,21)(H2,18,20,22). The zero-order valence-electron chi connectivity index (χ0n) is 12.0. The molecule has 2 aromatic rings. The normalized spacial score (nSPS) is 9.91. The molecule has 0 radical (unpaired) electrons. The highest BCUT2D eigenvalue weighted by Gasteiger charge is 2.09. The predicted molar refractivity (Wildman–Crippen MR) is 96.8 cm³/mol. The first-order chi connectivity index (χ1) is 10.6. The molecule has 1 amide bonds. The molecule has 0 aliphatic heterocycles. The van der Waals surface area contributed by atoms with Gasteiger partial charge in [-0.3, -0.25) is 15.6 Å². The molecule has 0 spiro atoms. The number of rotatable bonds is 3. The largest absolute Gasteiger partial charge is 0.331 e. The number of benzene rings is 2. The molecule has 0 aliphatic carbocycles. The quantitative estimate of drug-likeness (QED) is 0.564. The Balaban J connectivity index is 1.90. The smallest absolute Gasteiger partial charge is 0.270 e. The van der Waals surface area contributed by atoms with Crippen LogP contribution in [-0.2, 0) is 6.42 Å². The third-order valence-electron chi connectivity index (χ3n) is 3.00. The fourth-order valence-corrected chi connectivity index (χ4v) is 2.49. The van der Waals surface area contributed by atoms with Crippen LogP contribution in [0, 0.1) is 0 Å². The van der Waals surface area contributed by atoms with Crippen LogP contribution in [0.5, 0.6) is 0 Å². The molecule has 2 aromatic carbocycles.